The largest absolute Gasteiger partial charge is 0.469 e. The number of aliphatic imine (C=N–C) groups is 1. The van der Waals surface area contributed by atoms with Crippen molar-refractivity contribution in [1.29, 1.82) is 0 Å². The molecular weight excluding hydrogens is 417 g/mol. The lowest BCUT2D eigenvalue weighted by Crippen LogP contribution is -2.39. The number of nitrogens with one attached hydrogen (secondary N) is 1. The molecule has 0 saturated carbocycles. The average Bonchev–Trinajstić information content (AvgIpc) is 2.56. The molecule has 0 amide bonds. The molecule has 0 aromatic rings. The summed E-state index contributed by atoms with van der Waals surface area (Å²) >= 11 is 0. The van der Waals surface area contributed by atoms with E-state index < -0.39 is 0 Å². The zero-order valence-corrected chi connectivity index (χ0v) is 18.0. The van der Waals surface area contributed by atoms with Crippen molar-refractivity contribution in [3.8, 4) is 0 Å². The van der Waals surface area contributed by atoms with E-state index in [-0.39, 0.29) is 29.9 Å². The van der Waals surface area contributed by atoms with Crippen LogP contribution in [0.15, 0.2) is 17.6 Å². The number of carbonyl (C=O) groups is 1. The second-order valence-electron chi connectivity index (χ2n) is 5.68. The molecule has 0 heterocycles. The van der Waals surface area contributed by atoms with E-state index in [0.29, 0.717) is 6.42 Å². The Morgan fingerprint density at radius 1 is 1.21 bits per heavy atom. The summed E-state index contributed by atoms with van der Waals surface area (Å²) in [6.07, 6.45) is 10.1. The maximum Gasteiger partial charge on any atom is 0.305 e. The van der Waals surface area contributed by atoms with Gasteiger partial charge in [0.25, 0.3) is 0 Å². The van der Waals surface area contributed by atoms with Gasteiger partial charge in [0.15, 0.2) is 5.96 Å². The molecule has 0 rings (SSSR count). The molecule has 6 heteroatoms. The van der Waals surface area contributed by atoms with E-state index in [9.17, 15) is 4.79 Å². The van der Waals surface area contributed by atoms with Crippen LogP contribution in [0.1, 0.15) is 58.3 Å². The maximum atomic E-state index is 11.0. The fourth-order valence-electron chi connectivity index (χ4n) is 2.23. The van der Waals surface area contributed by atoms with Crippen LogP contribution in [0.25, 0.3) is 0 Å². The summed E-state index contributed by atoms with van der Waals surface area (Å²) in [5.74, 6) is 0.849. The van der Waals surface area contributed by atoms with Gasteiger partial charge in [-0.05, 0) is 39.0 Å². The summed E-state index contributed by atoms with van der Waals surface area (Å²) in [6, 6.07) is 0. The number of nitrogens with zero attached hydrogens (tertiary/aromatic N) is 2. The molecule has 0 aromatic heterocycles. The molecule has 0 aliphatic carbocycles. The molecule has 24 heavy (non-hydrogen) atoms. The van der Waals surface area contributed by atoms with Gasteiger partial charge >= 0.3 is 5.97 Å². The van der Waals surface area contributed by atoms with Crippen molar-refractivity contribution in [2.75, 3.05) is 33.8 Å². The fourth-order valence-corrected chi connectivity index (χ4v) is 2.23. The van der Waals surface area contributed by atoms with Gasteiger partial charge in [-0.1, -0.05) is 18.9 Å². The maximum absolute atomic E-state index is 11.0. The lowest BCUT2D eigenvalue weighted by atomic mass is 10.2. The number of rotatable bonds is 13. The highest BCUT2D eigenvalue weighted by Crippen LogP contribution is 2.03. The average molecular weight is 453 g/mol. The number of guanidine groups is 1. The molecule has 0 atom stereocenters. The number of hydrogen-bond donors (Lipinski definition) is 1. The second-order valence-corrected chi connectivity index (χ2v) is 5.68. The first-order chi connectivity index (χ1) is 11.2. The van der Waals surface area contributed by atoms with Crippen LogP contribution in [-0.4, -0.2) is 50.6 Å². The SMILES string of the molecule is C=CCCCCCN(C)C(=NCCCCCC(=O)OC)NCC.I. The van der Waals surface area contributed by atoms with E-state index in [1.54, 1.807) is 0 Å². The Bertz CT molecular complexity index is 349. The third kappa shape index (κ3) is 14.8. The smallest absolute Gasteiger partial charge is 0.305 e. The van der Waals surface area contributed by atoms with E-state index in [1.165, 1.54) is 26.4 Å². The Morgan fingerprint density at radius 3 is 2.54 bits per heavy atom. The van der Waals surface area contributed by atoms with Crippen LogP contribution in [0, 0.1) is 0 Å². The van der Waals surface area contributed by atoms with E-state index in [0.717, 1.165) is 51.3 Å². The first-order valence-corrected chi connectivity index (χ1v) is 8.82. The van der Waals surface area contributed by atoms with Crippen LogP contribution >= 0.6 is 24.0 Å². The molecule has 5 nitrogen and oxygen atoms in total. The molecule has 0 radical (unpaired) electrons. The number of halogens is 1. The van der Waals surface area contributed by atoms with Crippen LogP contribution in [-0.2, 0) is 9.53 Å². The Kier molecular flexibility index (Phi) is 19.7. The summed E-state index contributed by atoms with van der Waals surface area (Å²) in [5.41, 5.74) is 0. The van der Waals surface area contributed by atoms with Crippen molar-refractivity contribution in [1.82, 2.24) is 10.2 Å². The third-order valence-corrected chi connectivity index (χ3v) is 3.63. The highest BCUT2D eigenvalue weighted by atomic mass is 127. The molecule has 0 spiro atoms. The van der Waals surface area contributed by atoms with E-state index in [4.69, 9.17) is 0 Å². The van der Waals surface area contributed by atoms with E-state index >= 15 is 0 Å². The number of carbonyl (C=O) groups excluding carboxylic acids is 1. The molecule has 0 aliphatic heterocycles. The Balaban J connectivity index is 0. The standard InChI is InChI=1S/C18H35N3O2.HI/c1-5-7-8-9-13-16-21(3)18(19-6-2)20-15-12-10-11-14-17(22)23-4;/h5H,1,6-16H2,2-4H3,(H,19,20);1H. The van der Waals surface area contributed by atoms with Crippen LogP contribution < -0.4 is 5.32 Å². The molecule has 0 saturated heterocycles. The number of methoxy groups -OCH3 is 1. The van der Waals surface area contributed by atoms with Crippen molar-refractivity contribution in [3.05, 3.63) is 12.7 Å². The van der Waals surface area contributed by atoms with Gasteiger partial charge in [0.1, 0.15) is 0 Å². The van der Waals surface area contributed by atoms with Crippen molar-refractivity contribution < 1.29 is 9.53 Å². The lowest BCUT2D eigenvalue weighted by molar-refractivity contribution is -0.140. The Morgan fingerprint density at radius 2 is 1.92 bits per heavy atom. The van der Waals surface area contributed by atoms with Crippen molar-refractivity contribution >= 4 is 35.9 Å². The minimum atomic E-state index is -0.127. The summed E-state index contributed by atoms with van der Waals surface area (Å²) in [4.78, 5) is 17.9. The highest BCUT2D eigenvalue weighted by Gasteiger charge is 2.05. The van der Waals surface area contributed by atoms with Crippen LogP contribution in [0.4, 0.5) is 0 Å². The van der Waals surface area contributed by atoms with Crippen LogP contribution in [0.3, 0.4) is 0 Å². The second kappa shape index (κ2) is 18.5. The normalized spacial score (nSPS) is 10.7. The zero-order valence-electron chi connectivity index (χ0n) is 15.7. The summed E-state index contributed by atoms with van der Waals surface area (Å²) in [7, 11) is 3.52. The van der Waals surface area contributed by atoms with Crippen molar-refractivity contribution in [2.45, 2.75) is 58.3 Å². The highest BCUT2D eigenvalue weighted by molar-refractivity contribution is 14.0. The summed E-state index contributed by atoms with van der Waals surface area (Å²) in [5, 5.41) is 3.34. The van der Waals surface area contributed by atoms with Gasteiger partial charge < -0.3 is 15.0 Å². The topological polar surface area (TPSA) is 53.9 Å². The van der Waals surface area contributed by atoms with Crippen LogP contribution in [0.2, 0.25) is 0 Å². The van der Waals surface area contributed by atoms with Crippen molar-refractivity contribution in [3.63, 3.8) is 0 Å². The summed E-state index contributed by atoms with van der Waals surface area (Å²) in [6.45, 7) is 8.53. The molecule has 0 aliphatic rings. The van der Waals surface area contributed by atoms with Gasteiger partial charge in [-0.3, -0.25) is 9.79 Å². The van der Waals surface area contributed by atoms with Crippen LogP contribution in [0.5, 0.6) is 0 Å². The van der Waals surface area contributed by atoms with Gasteiger partial charge in [0, 0.05) is 33.1 Å². The van der Waals surface area contributed by atoms with E-state index in [2.05, 4.69) is 40.5 Å². The number of esters is 1. The van der Waals surface area contributed by atoms with Gasteiger partial charge in [0.05, 0.1) is 7.11 Å². The molecule has 1 N–H and O–H groups in total. The summed E-state index contributed by atoms with van der Waals surface area (Å²) < 4.78 is 4.63. The lowest BCUT2D eigenvalue weighted by Gasteiger charge is -2.22. The van der Waals surface area contributed by atoms with Crippen molar-refractivity contribution in [2.24, 2.45) is 4.99 Å². The predicted octanol–water partition coefficient (Wildman–Crippen LogP) is 3.98. The molecule has 0 aromatic carbocycles. The molecular formula is C18H36IN3O2. The fraction of sp³-hybridized carbons (Fsp3) is 0.778. The van der Waals surface area contributed by atoms with Gasteiger partial charge in [-0.2, -0.15) is 0 Å². The monoisotopic (exact) mass is 453 g/mol. The molecule has 0 fully saturated rings. The number of ether oxygens (including phenoxy) is 1. The molecule has 142 valence electrons. The molecule has 0 bridgehead atoms. The van der Waals surface area contributed by atoms with Gasteiger partial charge in [0.2, 0.25) is 0 Å². The molecule has 0 unspecified atom stereocenters. The Labute approximate surface area is 165 Å². The first kappa shape index (κ1) is 25.5. The van der Waals surface area contributed by atoms with Gasteiger partial charge in [-0.15, -0.1) is 30.6 Å². The number of allylic oxidation sites excluding steroid dienone is 1. The first-order valence-electron chi connectivity index (χ1n) is 8.82. The minimum absolute atomic E-state index is 0. The predicted molar refractivity (Wildman–Crippen MR) is 113 cm³/mol. The zero-order chi connectivity index (χ0) is 17.3. The quantitative estimate of drug-likeness (QED) is 0.115. The Hall–Kier alpha value is -0.790. The third-order valence-electron chi connectivity index (χ3n) is 3.63. The van der Waals surface area contributed by atoms with Gasteiger partial charge in [-0.25, -0.2) is 0 Å². The number of hydrogen-bond acceptors (Lipinski definition) is 3. The number of unbranched alkanes of at least 4 members (excludes halogenated alkanes) is 5. The minimum Gasteiger partial charge on any atom is -0.469 e. The van der Waals surface area contributed by atoms with E-state index in [1.807, 2.05) is 6.08 Å².